The van der Waals surface area contributed by atoms with Crippen LogP contribution >= 0.6 is 0 Å². The van der Waals surface area contributed by atoms with Crippen LogP contribution < -0.4 is 16.6 Å². The van der Waals surface area contributed by atoms with Gasteiger partial charge in [-0.25, -0.2) is 8.78 Å². The van der Waals surface area contributed by atoms with Gasteiger partial charge in [-0.05, 0) is 18.6 Å². The van der Waals surface area contributed by atoms with Crippen LogP contribution in [0, 0.1) is 11.6 Å². The van der Waals surface area contributed by atoms with Crippen molar-refractivity contribution in [2.24, 2.45) is 5.84 Å². The second-order valence-electron chi connectivity index (χ2n) is 4.37. The molecule has 0 aromatic heterocycles. The third kappa shape index (κ3) is 4.14. The third-order valence-electron chi connectivity index (χ3n) is 2.79. The highest BCUT2D eigenvalue weighted by Gasteiger charge is 2.17. The average molecular weight is 287 g/mol. The first-order chi connectivity index (χ1) is 9.53. The fourth-order valence-corrected chi connectivity index (χ4v) is 1.86. The van der Waals surface area contributed by atoms with Crippen molar-refractivity contribution < 1.29 is 18.3 Å². The van der Waals surface area contributed by atoms with Crippen LogP contribution in [0.1, 0.15) is 30.1 Å². The summed E-state index contributed by atoms with van der Waals surface area (Å²) >= 11 is 0. The Kier molecular flexibility index (Phi) is 6.33. The maximum Gasteiger partial charge on any atom is 0.251 e. The number of nitrogens with one attached hydrogen (secondary N) is 2. The van der Waals surface area contributed by atoms with Crippen LogP contribution in [0.3, 0.4) is 0 Å². The lowest BCUT2D eigenvalue weighted by atomic mass is 10.1. The molecule has 1 aromatic carbocycles. The Bertz CT molecular complexity index is 440. The number of hydrazine groups is 1. The summed E-state index contributed by atoms with van der Waals surface area (Å²) in [4.78, 5) is 12.0. The van der Waals surface area contributed by atoms with Gasteiger partial charge in [0.1, 0.15) is 5.69 Å². The van der Waals surface area contributed by atoms with E-state index in [4.69, 9.17) is 10.6 Å². The molecule has 1 amide bonds. The molecule has 1 rings (SSSR count). The number of hydrogen-bond acceptors (Lipinski definition) is 4. The van der Waals surface area contributed by atoms with E-state index in [-0.39, 0.29) is 11.6 Å². The number of rotatable bonds is 7. The maximum atomic E-state index is 13.5. The van der Waals surface area contributed by atoms with Crippen molar-refractivity contribution >= 4 is 11.6 Å². The maximum absolute atomic E-state index is 13.5. The SMILES string of the molecule is CCCC(COC)NC(=O)c1cc(F)c(NN)c(F)c1. The molecule has 0 spiro atoms. The van der Waals surface area contributed by atoms with Gasteiger partial charge < -0.3 is 15.5 Å². The molecule has 0 radical (unpaired) electrons. The third-order valence-corrected chi connectivity index (χ3v) is 2.79. The second-order valence-corrected chi connectivity index (χ2v) is 4.37. The van der Waals surface area contributed by atoms with Gasteiger partial charge >= 0.3 is 0 Å². The van der Waals surface area contributed by atoms with Crippen LogP contribution in [0.2, 0.25) is 0 Å². The number of carbonyl (C=O) groups is 1. The molecular weight excluding hydrogens is 268 g/mol. The van der Waals surface area contributed by atoms with Gasteiger partial charge in [0, 0.05) is 12.7 Å². The highest BCUT2D eigenvalue weighted by molar-refractivity contribution is 5.94. The summed E-state index contributed by atoms with van der Waals surface area (Å²) in [6.45, 7) is 2.31. The summed E-state index contributed by atoms with van der Waals surface area (Å²) in [6, 6.07) is 1.67. The van der Waals surface area contributed by atoms with Crippen molar-refractivity contribution in [1.82, 2.24) is 5.32 Å². The van der Waals surface area contributed by atoms with E-state index >= 15 is 0 Å². The number of amides is 1. The van der Waals surface area contributed by atoms with Crippen LogP contribution in [-0.2, 0) is 4.74 Å². The van der Waals surface area contributed by atoms with E-state index in [2.05, 4.69) is 5.32 Å². The molecule has 0 saturated carbocycles. The molecular formula is C13H19F2N3O2. The molecule has 4 N–H and O–H groups in total. The van der Waals surface area contributed by atoms with Gasteiger partial charge in [0.25, 0.3) is 5.91 Å². The normalized spacial score (nSPS) is 12.1. The van der Waals surface area contributed by atoms with Crippen molar-refractivity contribution in [3.63, 3.8) is 0 Å². The van der Waals surface area contributed by atoms with Gasteiger partial charge in [-0.1, -0.05) is 13.3 Å². The summed E-state index contributed by atoms with van der Waals surface area (Å²) in [6.07, 6.45) is 1.57. The van der Waals surface area contributed by atoms with E-state index in [1.54, 1.807) is 0 Å². The topological polar surface area (TPSA) is 76.4 Å². The lowest BCUT2D eigenvalue weighted by molar-refractivity contribution is 0.0890. The number of halogens is 2. The Balaban J connectivity index is 2.86. The van der Waals surface area contributed by atoms with Gasteiger partial charge in [-0.2, -0.15) is 0 Å². The minimum absolute atomic E-state index is 0.101. The first-order valence-corrected chi connectivity index (χ1v) is 6.28. The zero-order valence-electron chi connectivity index (χ0n) is 11.5. The number of hydrogen-bond donors (Lipinski definition) is 3. The zero-order chi connectivity index (χ0) is 15.1. The Morgan fingerprint density at radius 2 is 2.00 bits per heavy atom. The molecule has 0 fully saturated rings. The smallest absolute Gasteiger partial charge is 0.251 e. The van der Waals surface area contributed by atoms with Crippen LogP contribution in [-0.4, -0.2) is 25.7 Å². The van der Waals surface area contributed by atoms with Crippen molar-refractivity contribution in [3.8, 4) is 0 Å². The monoisotopic (exact) mass is 287 g/mol. The Labute approximate surface area is 116 Å². The van der Waals surface area contributed by atoms with Gasteiger partial charge in [0.15, 0.2) is 11.6 Å². The van der Waals surface area contributed by atoms with Gasteiger partial charge in [0.05, 0.1) is 12.6 Å². The summed E-state index contributed by atoms with van der Waals surface area (Å²) in [5, 5.41) is 2.68. The standard InChI is InChI=1S/C13H19F2N3O2/c1-3-4-9(7-20-2)17-13(19)8-5-10(14)12(18-16)11(15)6-8/h5-6,9,18H,3-4,7,16H2,1-2H3,(H,17,19). The largest absolute Gasteiger partial charge is 0.383 e. The molecule has 20 heavy (non-hydrogen) atoms. The molecule has 0 aliphatic heterocycles. The van der Waals surface area contributed by atoms with Crippen LogP contribution in [0.4, 0.5) is 14.5 Å². The van der Waals surface area contributed by atoms with Crippen LogP contribution in [0.25, 0.3) is 0 Å². The van der Waals surface area contributed by atoms with Crippen molar-refractivity contribution in [2.45, 2.75) is 25.8 Å². The Morgan fingerprint density at radius 3 is 2.45 bits per heavy atom. The number of nitrogens with two attached hydrogens (primary N) is 1. The number of ether oxygens (including phenoxy) is 1. The van der Waals surface area contributed by atoms with Crippen molar-refractivity contribution in [3.05, 3.63) is 29.3 Å². The lowest BCUT2D eigenvalue weighted by Gasteiger charge is -2.17. The molecule has 112 valence electrons. The molecule has 7 heteroatoms. The molecule has 1 atom stereocenters. The molecule has 0 bridgehead atoms. The van der Waals surface area contributed by atoms with E-state index in [1.165, 1.54) is 7.11 Å². The molecule has 0 saturated heterocycles. The quantitative estimate of drug-likeness (QED) is 0.528. The van der Waals surface area contributed by atoms with E-state index in [9.17, 15) is 13.6 Å². The van der Waals surface area contributed by atoms with Crippen molar-refractivity contribution in [1.29, 1.82) is 0 Å². The average Bonchev–Trinajstić information content (AvgIpc) is 2.38. The highest BCUT2D eigenvalue weighted by atomic mass is 19.1. The van der Waals surface area contributed by atoms with Gasteiger partial charge in [0.2, 0.25) is 0 Å². The summed E-state index contributed by atoms with van der Waals surface area (Å²) in [5.41, 5.74) is 1.34. The van der Waals surface area contributed by atoms with E-state index in [1.807, 2.05) is 12.3 Å². The van der Waals surface area contributed by atoms with E-state index < -0.39 is 23.2 Å². The molecule has 1 aromatic rings. The lowest BCUT2D eigenvalue weighted by Crippen LogP contribution is -2.38. The van der Waals surface area contributed by atoms with Crippen LogP contribution in [0.5, 0.6) is 0 Å². The summed E-state index contributed by atoms with van der Waals surface area (Å²) < 4.78 is 32.0. The van der Waals surface area contributed by atoms with Gasteiger partial charge in [-0.3, -0.25) is 10.6 Å². The molecule has 0 aliphatic rings. The van der Waals surface area contributed by atoms with Crippen LogP contribution in [0.15, 0.2) is 12.1 Å². The number of anilines is 1. The first-order valence-electron chi connectivity index (χ1n) is 6.28. The molecule has 5 nitrogen and oxygen atoms in total. The second kappa shape index (κ2) is 7.76. The number of nitrogen functional groups attached to an aromatic ring is 1. The number of methoxy groups -OCH3 is 1. The molecule has 0 heterocycles. The molecule has 1 unspecified atom stereocenters. The predicted octanol–water partition coefficient (Wildman–Crippen LogP) is 1.80. The number of carbonyl (C=O) groups excluding carboxylic acids is 1. The Morgan fingerprint density at radius 1 is 1.40 bits per heavy atom. The van der Waals surface area contributed by atoms with Gasteiger partial charge in [-0.15, -0.1) is 0 Å². The Hall–Kier alpha value is -1.73. The predicted molar refractivity (Wildman–Crippen MR) is 72.2 cm³/mol. The van der Waals surface area contributed by atoms with Crippen molar-refractivity contribution in [2.75, 3.05) is 19.1 Å². The van der Waals surface area contributed by atoms with E-state index in [0.717, 1.165) is 18.6 Å². The highest BCUT2D eigenvalue weighted by Crippen LogP contribution is 2.19. The first kappa shape index (κ1) is 16.3. The summed E-state index contributed by atoms with van der Waals surface area (Å²) in [7, 11) is 1.52. The zero-order valence-corrected chi connectivity index (χ0v) is 11.5. The number of benzene rings is 1. The summed E-state index contributed by atoms with van der Waals surface area (Å²) in [5.74, 6) is 2.60. The minimum atomic E-state index is -0.920. The minimum Gasteiger partial charge on any atom is -0.383 e. The molecule has 0 aliphatic carbocycles. The fraction of sp³-hybridized carbons (Fsp3) is 0.462. The fourth-order valence-electron chi connectivity index (χ4n) is 1.86. The van der Waals surface area contributed by atoms with E-state index in [0.29, 0.717) is 13.0 Å².